The molecule has 12 heteroatoms. The second-order valence-electron chi connectivity index (χ2n) is 8.14. The lowest BCUT2D eigenvalue weighted by atomic mass is 10.2. The highest BCUT2D eigenvalue weighted by Crippen LogP contribution is 2.32. The van der Waals surface area contributed by atoms with Gasteiger partial charge in [-0.15, -0.1) is 0 Å². The van der Waals surface area contributed by atoms with Gasteiger partial charge in [0.2, 0.25) is 10.0 Å². The highest BCUT2D eigenvalue weighted by Gasteiger charge is 2.29. The van der Waals surface area contributed by atoms with Crippen LogP contribution in [0, 0.1) is 0 Å². The molecule has 1 fully saturated rings. The Kier molecular flexibility index (Phi) is 6.82. The van der Waals surface area contributed by atoms with Crippen molar-refractivity contribution in [3.63, 3.8) is 0 Å². The summed E-state index contributed by atoms with van der Waals surface area (Å²) < 4.78 is 35.4. The van der Waals surface area contributed by atoms with E-state index in [1.54, 1.807) is 6.07 Å². The number of sulfonamides is 1. The fourth-order valence-corrected chi connectivity index (χ4v) is 5.45. The van der Waals surface area contributed by atoms with E-state index in [4.69, 9.17) is 4.74 Å². The van der Waals surface area contributed by atoms with Crippen molar-refractivity contribution in [3.8, 4) is 17.1 Å². The maximum Gasteiger partial charge on any atom is 0.263 e. The first kappa shape index (κ1) is 24.0. The number of carbonyl (C=O) groups excluding carboxylic acids is 1. The van der Waals surface area contributed by atoms with E-state index >= 15 is 0 Å². The first-order valence-electron chi connectivity index (χ1n) is 11.2. The van der Waals surface area contributed by atoms with Crippen molar-refractivity contribution in [2.24, 2.45) is 0 Å². The summed E-state index contributed by atoms with van der Waals surface area (Å²) in [5.74, 6) is 0.533. The number of aryl methyl sites for hydroxylation is 1. The number of ether oxygens (including phenoxy) is 1. The number of nitrogens with one attached hydrogen (secondary N) is 1. The largest absolute Gasteiger partial charge is 0.493 e. The number of aldehydes is 1. The summed E-state index contributed by atoms with van der Waals surface area (Å²) in [6.45, 7) is 6.65. The summed E-state index contributed by atoms with van der Waals surface area (Å²) in [7, 11) is -1.79. The molecule has 0 bridgehead atoms. The van der Waals surface area contributed by atoms with Crippen LogP contribution in [0.15, 0.2) is 27.9 Å². The molecule has 1 saturated heterocycles. The van der Waals surface area contributed by atoms with Crippen LogP contribution in [0.5, 0.6) is 5.75 Å². The second kappa shape index (κ2) is 9.65. The van der Waals surface area contributed by atoms with Gasteiger partial charge in [-0.25, -0.2) is 18.1 Å². The smallest absolute Gasteiger partial charge is 0.263 e. The van der Waals surface area contributed by atoms with Crippen LogP contribution in [0.2, 0.25) is 0 Å². The van der Waals surface area contributed by atoms with Crippen LogP contribution in [0.3, 0.4) is 0 Å². The van der Waals surface area contributed by atoms with Gasteiger partial charge in [0.1, 0.15) is 22.7 Å². The number of hydrogen-bond acceptors (Lipinski definition) is 8. The number of hydrogen-bond donors (Lipinski definition) is 1. The zero-order valence-corrected chi connectivity index (χ0v) is 20.3. The Balaban J connectivity index is 1.87. The van der Waals surface area contributed by atoms with Crippen molar-refractivity contribution in [2.45, 2.75) is 31.7 Å². The maximum absolute atomic E-state index is 13.3. The van der Waals surface area contributed by atoms with Crippen LogP contribution in [0.1, 0.15) is 30.8 Å². The Morgan fingerprint density at radius 3 is 2.56 bits per heavy atom. The molecular formula is C22H28N6O5S. The van der Waals surface area contributed by atoms with Crippen LogP contribution in [-0.4, -0.2) is 83.5 Å². The topological polar surface area (TPSA) is 130 Å². The Labute approximate surface area is 197 Å². The van der Waals surface area contributed by atoms with Crippen molar-refractivity contribution in [3.05, 3.63) is 34.2 Å². The molecule has 3 heterocycles. The molecule has 0 amide bonds. The van der Waals surface area contributed by atoms with Crippen molar-refractivity contribution in [1.82, 2.24) is 29.0 Å². The van der Waals surface area contributed by atoms with Crippen molar-refractivity contribution in [2.75, 3.05) is 39.8 Å². The van der Waals surface area contributed by atoms with Crippen LogP contribution in [-0.2, 0) is 16.6 Å². The number of H-pyrrole nitrogens is 1. The number of rotatable bonds is 8. The first-order chi connectivity index (χ1) is 16.3. The average Bonchev–Trinajstić information content (AvgIpc) is 3.18. The van der Waals surface area contributed by atoms with E-state index in [9.17, 15) is 18.0 Å². The van der Waals surface area contributed by atoms with Crippen LogP contribution in [0.4, 0.5) is 0 Å². The molecule has 1 aliphatic rings. The van der Waals surface area contributed by atoms with Gasteiger partial charge in [-0.3, -0.25) is 9.59 Å². The fourth-order valence-electron chi connectivity index (χ4n) is 4.00. The van der Waals surface area contributed by atoms with Gasteiger partial charge in [0.15, 0.2) is 11.9 Å². The zero-order valence-electron chi connectivity index (χ0n) is 19.4. The summed E-state index contributed by atoms with van der Waals surface area (Å²) in [6, 6.07) is 4.56. The van der Waals surface area contributed by atoms with Crippen molar-refractivity contribution >= 4 is 27.3 Å². The Morgan fingerprint density at radius 2 is 1.91 bits per heavy atom. The third-order valence-electron chi connectivity index (χ3n) is 5.78. The quantitative estimate of drug-likeness (QED) is 0.470. The SMILES string of the molecule is CCCn1nc(C=O)c2c(=O)[nH]c(-c3cc(S(=O)(=O)N4CCN(C)CC4)ccc3OCC)nc21. The molecule has 0 aliphatic carbocycles. The number of fused-ring (bicyclic) bond motifs is 1. The lowest BCUT2D eigenvalue weighted by Gasteiger charge is -2.31. The highest BCUT2D eigenvalue weighted by atomic mass is 32.2. The number of aromatic amines is 1. The highest BCUT2D eigenvalue weighted by molar-refractivity contribution is 7.89. The maximum atomic E-state index is 13.3. The molecule has 1 aromatic carbocycles. The Morgan fingerprint density at radius 1 is 1.18 bits per heavy atom. The monoisotopic (exact) mass is 488 g/mol. The molecule has 182 valence electrons. The number of likely N-dealkylation sites (N-methyl/N-ethyl adjacent to an activating group) is 1. The molecule has 1 aliphatic heterocycles. The number of carbonyl (C=O) groups is 1. The molecule has 0 unspecified atom stereocenters. The normalized spacial score (nSPS) is 15.6. The molecule has 0 saturated carbocycles. The lowest BCUT2D eigenvalue weighted by molar-refractivity contribution is 0.111. The van der Waals surface area contributed by atoms with Gasteiger partial charge >= 0.3 is 0 Å². The average molecular weight is 489 g/mol. The molecule has 3 aromatic rings. The molecule has 2 aromatic heterocycles. The summed E-state index contributed by atoms with van der Waals surface area (Å²) in [4.78, 5) is 33.8. The molecule has 11 nitrogen and oxygen atoms in total. The molecule has 0 radical (unpaired) electrons. The third kappa shape index (κ3) is 4.36. The lowest BCUT2D eigenvalue weighted by Crippen LogP contribution is -2.47. The van der Waals surface area contributed by atoms with E-state index in [2.05, 4.69) is 20.0 Å². The number of nitrogens with zero attached hydrogens (tertiary/aromatic N) is 5. The number of benzene rings is 1. The van der Waals surface area contributed by atoms with Gasteiger partial charge in [-0.05, 0) is 38.6 Å². The van der Waals surface area contributed by atoms with E-state index in [1.807, 2.05) is 20.9 Å². The molecule has 0 spiro atoms. The third-order valence-corrected chi connectivity index (χ3v) is 7.68. The zero-order chi connectivity index (χ0) is 24.5. The number of piperazine rings is 1. The summed E-state index contributed by atoms with van der Waals surface area (Å²) in [5.41, 5.74) is 0.0878. The molecule has 34 heavy (non-hydrogen) atoms. The predicted octanol–water partition coefficient (Wildman–Crippen LogP) is 1.34. The van der Waals surface area contributed by atoms with Crippen molar-refractivity contribution in [1.29, 1.82) is 0 Å². The van der Waals surface area contributed by atoms with Crippen LogP contribution in [0.25, 0.3) is 22.4 Å². The molecular weight excluding hydrogens is 460 g/mol. The summed E-state index contributed by atoms with van der Waals surface area (Å²) in [5, 5.41) is 4.31. The van der Waals surface area contributed by atoms with Gasteiger partial charge in [0.05, 0.1) is 17.1 Å². The van der Waals surface area contributed by atoms with Gasteiger partial charge in [0, 0.05) is 32.7 Å². The molecule has 4 rings (SSSR count). The number of aromatic nitrogens is 4. The van der Waals surface area contributed by atoms with Gasteiger partial charge < -0.3 is 14.6 Å². The standard InChI is InChI=1S/C22H28N6O5S/c1-4-8-28-21-19(17(14-29)25-28)22(30)24-20(23-21)16-13-15(6-7-18(16)33-5-2)34(31,32)27-11-9-26(3)10-12-27/h6-7,13-14H,4-5,8-12H2,1-3H3,(H,23,24,30). The predicted molar refractivity (Wildman–Crippen MR) is 127 cm³/mol. The van der Waals surface area contributed by atoms with Gasteiger partial charge in [-0.1, -0.05) is 6.92 Å². The Hall–Kier alpha value is -3.09. The van der Waals surface area contributed by atoms with Crippen molar-refractivity contribution < 1.29 is 17.9 Å². The van der Waals surface area contributed by atoms with E-state index in [0.717, 1.165) is 6.42 Å². The minimum Gasteiger partial charge on any atom is -0.493 e. The van der Waals surface area contributed by atoms with E-state index in [1.165, 1.54) is 21.1 Å². The van der Waals surface area contributed by atoms with Gasteiger partial charge in [0.25, 0.3) is 5.56 Å². The molecule has 0 atom stereocenters. The first-order valence-corrected chi connectivity index (χ1v) is 12.7. The van der Waals surface area contributed by atoms with E-state index < -0.39 is 15.6 Å². The second-order valence-corrected chi connectivity index (χ2v) is 10.1. The van der Waals surface area contributed by atoms with E-state index in [0.29, 0.717) is 56.9 Å². The van der Waals surface area contributed by atoms with Gasteiger partial charge in [-0.2, -0.15) is 9.40 Å². The fraction of sp³-hybridized carbons (Fsp3) is 0.455. The summed E-state index contributed by atoms with van der Waals surface area (Å²) in [6.07, 6.45) is 1.25. The van der Waals surface area contributed by atoms with Crippen LogP contribution >= 0.6 is 0 Å². The molecule has 1 N–H and O–H groups in total. The minimum atomic E-state index is -3.75. The Bertz CT molecular complexity index is 1370. The van der Waals surface area contributed by atoms with E-state index in [-0.39, 0.29) is 27.4 Å². The van der Waals surface area contributed by atoms with Crippen LogP contribution < -0.4 is 10.3 Å². The minimum absolute atomic E-state index is 0.0141. The summed E-state index contributed by atoms with van der Waals surface area (Å²) >= 11 is 0.